The summed E-state index contributed by atoms with van der Waals surface area (Å²) < 4.78 is 0. The molecule has 1 fully saturated rings. The molecule has 4 N–H and O–H groups in total. The third-order valence-electron chi connectivity index (χ3n) is 3.62. The van der Waals surface area contributed by atoms with Crippen LogP contribution in [-0.4, -0.2) is 41.6 Å². The Morgan fingerprint density at radius 2 is 1.88 bits per heavy atom. The van der Waals surface area contributed by atoms with E-state index in [1.54, 1.807) is 0 Å². The number of nitrogens with zero attached hydrogens (tertiary/aromatic N) is 1. The molecule has 0 aliphatic heterocycles. The molecule has 0 atom stereocenters. The standard InChI is InChI=1S/C13H27N3O/c14-13(15)8-4-5-9-16(10-11-17)12-6-2-1-3-7-12/h12,17H,1-11H2,(H3,14,15). The first-order chi connectivity index (χ1) is 8.24. The van der Waals surface area contributed by atoms with Crippen molar-refractivity contribution in [2.75, 3.05) is 19.7 Å². The molecule has 0 amide bonds. The fraction of sp³-hybridized carbons (Fsp3) is 0.923. The first-order valence-electron chi connectivity index (χ1n) is 6.92. The van der Waals surface area contributed by atoms with Gasteiger partial charge in [0.05, 0.1) is 12.4 Å². The van der Waals surface area contributed by atoms with Crippen LogP contribution in [0, 0.1) is 5.41 Å². The molecule has 0 spiro atoms. The summed E-state index contributed by atoms with van der Waals surface area (Å²) in [6.45, 7) is 2.09. The van der Waals surface area contributed by atoms with E-state index in [9.17, 15) is 0 Å². The number of nitrogens with one attached hydrogen (secondary N) is 1. The Balaban J connectivity index is 2.24. The molecule has 4 heteroatoms. The normalized spacial score (nSPS) is 17.5. The second kappa shape index (κ2) is 8.48. The van der Waals surface area contributed by atoms with Gasteiger partial charge in [-0.05, 0) is 32.2 Å². The van der Waals surface area contributed by atoms with Crippen molar-refractivity contribution in [3.05, 3.63) is 0 Å². The van der Waals surface area contributed by atoms with Gasteiger partial charge in [0.25, 0.3) is 0 Å². The minimum absolute atomic E-state index is 0.253. The van der Waals surface area contributed by atoms with Crippen LogP contribution in [0.25, 0.3) is 0 Å². The SMILES string of the molecule is N=C(N)CCCCN(CCO)C1CCCCC1. The second-order valence-corrected chi connectivity index (χ2v) is 5.03. The van der Waals surface area contributed by atoms with Crippen molar-refractivity contribution in [3.8, 4) is 0 Å². The van der Waals surface area contributed by atoms with E-state index in [1.807, 2.05) is 0 Å². The van der Waals surface area contributed by atoms with E-state index >= 15 is 0 Å². The summed E-state index contributed by atoms with van der Waals surface area (Å²) in [5.41, 5.74) is 5.34. The molecule has 0 radical (unpaired) electrons. The third-order valence-corrected chi connectivity index (χ3v) is 3.62. The quantitative estimate of drug-likeness (QED) is 0.344. The topological polar surface area (TPSA) is 73.3 Å². The van der Waals surface area contributed by atoms with Gasteiger partial charge in [0.2, 0.25) is 0 Å². The van der Waals surface area contributed by atoms with Crippen LogP contribution in [-0.2, 0) is 0 Å². The smallest absolute Gasteiger partial charge is 0.0905 e. The van der Waals surface area contributed by atoms with Gasteiger partial charge < -0.3 is 10.8 Å². The summed E-state index contributed by atoms with van der Waals surface area (Å²) >= 11 is 0. The highest BCUT2D eigenvalue weighted by molar-refractivity contribution is 5.76. The van der Waals surface area contributed by atoms with Gasteiger partial charge in [0.15, 0.2) is 0 Å². The van der Waals surface area contributed by atoms with Gasteiger partial charge in [-0.15, -0.1) is 0 Å². The van der Waals surface area contributed by atoms with E-state index in [1.165, 1.54) is 32.1 Å². The maximum absolute atomic E-state index is 9.12. The summed E-state index contributed by atoms with van der Waals surface area (Å²) in [4.78, 5) is 2.43. The largest absolute Gasteiger partial charge is 0.395 e. The van der Waals surface area contributed by atoms with Crippen LogP contribution in [0.4, 0.5) is 0 Å². The summed E-state index contributed by atoms with van der Waals surface area (Å²) in [7, 11) is 0. The minimum atomic E-state index is 0.253. The van der Waals surface area contributed by atoms with E-state index in [-0.39, 0.29) is 12.4 Å². The Labute approximate surface area is 105 Å². The van der Waals surface area contributed by atoms with E-state index in [0.29, 0.717) is 12.5 Å². The number of unbranched alkanes of at least 4 members (excludes halogenated alkanes) is 1. The number of amidine groups is 1. The Morgan fingerprint density at radius 1 is 1.18 bits per heavy atom. The van der Waals surface area contributed by atoms with Crippen LogP contribution in [0.15, 0.2) is 0 Å². The second-order valence-electron chi connectivity index (χ2n) is 5.03. The molecular formula is C13H27N3O. The van der Waals surface area contributed by atoms with Crippen LogP contribution in [0.2, 0.25) is 0 Å². The van der Waals surface area contributed by atoms with Crippen LogP contribution in [0.3, 0.4) is 0 Å². The zero-order valence-electron chi connectivity index (χ0n) is 10.8. The van der Waals surface area contributed by atoms with Crippen LogP contribution in [0.5, 0.6) is 0 Å². The highest BCUT2D eigenvalue weighted by Crippen LogP contribution is 2.22. The zero-order valence-corrected chi connectivity index (χ0v) is 10.8. The van der Waals surface area contributed by atoms with Crippen molar-refractivity contribution < 1.29 is 5.11 Å². The van der Waals surface area contributed by atoms with E-state index in [0.717, 1.165) is 25.9 Å². The fourth-order valence-corrected chi connectivity index (χ4v) is 2.68. The highest BCUT2D eigenvalue weighted by atomic mass is 16.3. The molecule has 4 nitrogen and oxygen atoms in total. The fourth-order valence-electron chi connectivity index (χ4n) is 2.68. The number of hydrogen-bond acceptors (Lipinski definition) is 3. The van der Waals surface area contributed by atoms with Gasteiger partial charge in [-0.25, -0.2) is 0 Å². The van der Waals surface area contributed by atoms with Crippen LogP contribution >= 0.6 is 0 Å². The lowest BCUT2D eigenvalue weighted by molar-refractivity contribution is 0.122. The van der Waals surface area contributed by atoms with Gasteiger partial charge in [0, 0.05) is 19.0 Å². The molecule has 1 aliphatic rings. The number of aliphatic hydroxyl groups excluding tert-OH is 1. The lowest BCUT2D eigenvalue weighted by Gasteiger charge is -2.34. The molecule has 0 aromatic carbocycles. The Morgan fingerprint density at radius 3 is 2.47 bits per heavy atom. The molecular weight excluding hydrogens is 214 g/mol. The molecule has 0 saturated heterocycles. The van der Waals surface area contributed by atoms with Gasteiger partial charge in [-0.3, -0.25) is 10.3 Å². The average Bonchev–Trinajstić information content (AvgIpc) is 2.34. The summed E-state index contributed by atoms with van der Waals surface area (Å²) in [5.74, 6) is 0.288. The molecule has 0 bridgehead atoms. The number of aliphatic hydroxyl groups is 1. The molecule has 0 heterocycles. The van der Waals surface area contributed by atoms with Crippen molar-refractivity contribution in [1.82, 2.24) is 4.90 Å². The Kier molecular flexibility index (Phi) is 7.21. The molecule has 1 rings (SSSR count). The molecule has 0 aromatic heterocycles. The number of rotatable bonds is 8. The van der Waals surface area contributed by atoms with Crippen molar-refractivity contribution in [1.29, 1.82) is 5.41 Å². The first kappa shape index (κ1) is 14.5. The summed E-state index contributed by atoms with van der Waals surface area (Å²) in [5, 5.41) is 16.3. The van der Waals surface area contributed by atoms with E-state index in [2.05, 4.69) is 4.90 Å². The predicted octanol–water partition coefficient (Wildman–Crippen LogP) is 1.72. The van der Waals surface area contributed by atoms with E-state index < -0.39 is 0 Å². The molecule has 17 heavy (non-hydrogen) atoms. The third kappa shape index (κ3) is 6.03. The maximum Gasteiger partial charge on any atom is 0.0905 e. The molecule has 100 valence electrons. The molecule has 0 aromatic rings. The first-order valence-corrected chi connectivity index (χ1v) is 6.92. The lowest BCUT2D eigenvalue weighted by atomic mass is 9.94. The van der Waals surface area contributed by atoms with Gasteiger partial charge >= 0.3 is 0 Å². The Bertz CT molecular complexity index is 215. The number of hydrogen-bond donors (Lipinski definition) is 3. The summed E-state index contributed by atoms with van der Waals surface area (Å²) in [6, 6.07) is 0.674. The van der Waals surface area contributed by atoms with Gasteiger partial charge in [0.1, 0.15) is 0 Å². The summed E-state index contributed by atoms with van der Waals surface area (Å²) in [6.07, 6.45) is 9.38. The van der Waals surface area contributed by atoms with Crippen LogP contribution < -0.4 is 5.73 Å². The minimum Gasteiger partial charge on any atom is -0.395 e. The van der Waals surface area contributed by atoms with Crippen molar-refractivity contribution in [2.45, 2.75) is 57.4 Å². The zero-order chi connectivity index (χ0) is 12.5. The van der Waals surface area contributed by atoms with Crippen LogP contribution in [0.1, 0.15) is 51.4 Å². The molecule has 1 saturated carbocycles. The van der Waals surface area contributed by atoms with Crippen molar-refractivity contribution >= 4 is 5.84 Å². The maximum atomic E-state index is 9.12. The molecule has 0 unspecified atom stereocenters. The Hall–Kier alpha value is -0.610. The highest BCUT2D eigenvalue weighted by Gasteiger charge is 2.19. The molecule has 1 aliphatic carbocycles. The van der Waals surface area contributed by atoms with Crippen molar-refractivity contribution in [3.63, 3.8) is 0 Å². The van der Waals surface area contributed by atoms with Crippen molar-refractivity contribution in [2.24, 2.45) is 5.73 Å². The average molecular weight is 241 g/mol. The van der Waals surface area contributed by atoms with Gasteiger partial charge in [-0.1, -0.05) is 19.3 Å². The monoisotopic (exact) mass is 241 g/mol. The van der Waals surface area contributed by atoms with E-state index in [4.69, 9.17) is 16.2 Å². The predicted molar refractivity (Wildman–Crippen MR) is 71.3 cm³/mol. The van der Waals surface area contributed by atoms with Gasteiger partial charge in [-0.2, -0.15) is 0 Å². The number of nitrogens with two attached hydrogens (primary N) is 1. The lowest BCUT2D eigenvalue weighted by Crippen LogP contribution is -2.39.